The molecule has 1 aromatic rings. The molecule has 0 aliphatic rings. The number of rotatable bonds is 3. The molecule has 0 saturated heterocycles. The largest absolute Gasteiger partial charge is 0.744 e. The molecule has 16 heavy (non-hydrogen) atoms. The van der Waals surface area contributed by atoms with Crippen LogP contribution in [0.3, 0.4) is 0 Å². The third kappa shape index (κ3) is 3.09. The van der Waals surface area contributed by atoms with Crippen LogP contribution in [0, 0.1) is 0 Å². The lowest BCUT2D eigenvalue weighted by Crippen LogP contribution is -2.44. The molecule has 0 heterocycles. The summed E-state index contributed by atoms with van der Waals surface area (Å²) < 4.78 is 31.8. The van der Waals surface area contributed by atoms with Crippen LogP contribution in [0.2, 0.25) is 0 Å². The fraction of sp³-hybridized carbons (Fsp3) is 0.333. The molecule has 7 heteroatoms. The van der Waals surface area contributed by atoms with E-state index in [9.17, 15) is 18.1 Å². The van der Waals surface area contributed by atoms with Gasteiger partial charge in [-0.25, -0.2) is 8.42 Å². The predicted molar refractivity (Wildman–Crippen MR) is 58.0 cm³/mol. The van der Waals surface area contributed by atoms with Crippen molar-refractivity contribution in [2.45, 2.75) is 0 Å². The number of hydrogen-bond donors (Lipinski definition) is 2. The molecule has 0 aliphatic carbocycles. The Balaban J connectivity index is 3.12. The second-order valence-electron chi connectivity index (χ2n) is 4.04. The first-order chi connectivity index (χ1) is 7.12. The molecule has 6 nitrogen and oxygen atoms in total. The summed E-state index contributed by atoms with van der Waals surface area (Å²) in [6.07, 6.45) is 0. The number of hydrogen-bond acceptors (Lipinski definition) is 5. The van der Waals surface area contributed by atoms with Crippen molar-refractivity contribution in [1.82, 2.24) is 4.48 Å². The summed E-state index contributed by atoms with van der Waals surface area (Å²) in [5.41, 5.74) is 0.412. The molecular weight excluding hydrogens is 234 g/mol. The molecule has 0 fully saturated rings. The Bertz CT molecular complexity index is 495. The smallest absolute Gasteiger partial charge is 0.173 e. The van der Waals surface area contributed by atoms with Crippen LogP contribution < -0.4 is 4.48 Å². The van der Waals surface area contributed by atoms with Crippen molar-refractivity contribution < 1.29 is 23.2 Å². The average Bonchev–Trinajstić information content (AvgIpc) is 2.05. The molecule has 0 radical (unpaired) electrons. The van der Waals surface area contributed by atoms with Crippen molar-refractivity contribution in [2.75, 3.05) is 20.0 Å². The number of nitrogens with zero attached hydrogens (tertiary/aromatic N) is 1. The fourth-order valence-electron chi connectivity index (χ4n) is 1.36. The van der Waals surface area contributed by atoms with Crippen molar-refractivity contribution >= 4 is 15.8 Å². The van der Waals surface area contributed by atoms with Crippen LogP contribution in [0.15, 0.2) is 18.2 Å². The average molecular weight is 247 g/mol. The van der Waals surface area contributed by atoms with Gasteiger partial charge in [0.25, 0.3) is 0 Å². The molecule has 1 rings (SSSR count). The molecule has 0 unspecified atom stereocenters. The van der Waals surface area contributed by atoms with E-state index in [1.807, 2.05) is 0 Å². The van der Waals surface area contributed by atoms with Crippen LogP contribution in [0.4, 0.5) is 5.69 Å². The van der Waals surface area contributed by atoms with Crippen LogP contribution >= 0.6 is 0 Å². The first kappa shape index (κ1) is 12.8. The highest BCUT2D eigenvalue weighted by atomic mass is 32.2. The van der Waals surface area contributed by atoms with E-state index < -0.39 is 16.0 Å². The SMILES string of the molecule is C[N+](C)(CS(=O)(=O)[O-])c1ccc(O)c(O)c1. The van der Waals surface area contributed by atoms with Gasteiger partial charge in [0.05, 0.1) is 14.1 Å². The molecular formula is C9H13NO5S. The molecule has 0 spiro atoms. The Morgan fingerprint density at radius 1 is 1.25 bits per heavy atom. The summed E-state index contributed by atoms with van der Waals surface area (Å²) in [4.78, 5) is 0. The summed E-state index contributed by atoms with van der Waals surface area (Å²) in [7, 11) is -1.34. The maximum Gasteiger partial charge on any atom is 0.173 e. The molecule has 0 aromatic heterocycles. The molecule has 1 aromatic carbocycles. The van der Waals surface area contributed by atoms with Crippen molar-refractivity contribution in [2.24, 2.45) is 0 Å². The minimum atomic E-state index is -4.37. The van der Waals surface area contributed by atoms with Crippen LogP contribution in [0.5, 0.6) is 11.5 Å². The molecule has 0 saturated carbocycles. The molecule has 0 aliphatic heterocycles. The second kappa shape index (κ2) is 3.93. The van der Waals surface area contributed by atoms with Crippen molar-refractivity contribution in [3.8, 4) is 11.5 Å². The van der Waals surface area contributed by atoms with Crippen molar-refractivity contribution in [3.05, 3.63) is 18.2 Å². The van der Waals surface area contributed by atoms with Gasteiger partial charge in [-0.2, -0.15) is 0 Å². The van der Waals surface area contributed by atoms with E-state index in [-0.39, 0.29) is 16.0 Å². The Morgan fingerprint density at radius 2 is 1.81 bits per heavy atom. The van der Waals surface area contributed by atoms with E-state index >= 15 is 0 Å². The Morgan fingerprint density at radius 3 is 2.25 bits per heavy atom. The highest BCUT2D eigenvalue weighted by Crippen LogP contribution is 2.31. The van der Waals surface area contributed by atoms with Gasteiger partial charge in [0, 0.05) is 12.1 Å². The third-order valence-electron chi connectivity index (χ3n) is 2.14. The summed E-state index contributed by atoms with van der Waals surface area (Å²) in [6.45, 7) is 0. The van der Waals surface area contributed by atoms with Crippen LogP contribution in [-0.2, 0) is 10.1 Å². The zero-order valence-electron chi connectivity index (χ0n) is 8.91. The quantitative estimate of drug-likeness (QED) is 0.450. The van der Waals surface area contributed by atoms with Gasteiger partial charge in [-0.1, -0.05) is 0 Å². The summed E-state index contributed by atoms with van der Waals surface area (Å²) in [5.74, 6) is -1.28. The second-order valence-corrected chi connectivity index (χ2v) is 5.42. The monoisotopic (exact) mass is 247 g/mol. The van der Waals surface area contributed by atoms with Gasteiger partial charge in [-0.3, -0.25) is 4.48 Å². The van der Waals surface area contributed by atoms with E-state index in [0.717, 1.165) is 0 Å². The first-order valence-electron chi connectivity index (χ1n) is 4.41. The number of benzene rings is 1. The zero-order valence-corrected chi connectivity index (χ0v) is 9.73. The number of phenols is 2. The normalized spacial score (nSPS) is 12.7. The maximum atomic E-state index is 10.7. The zero-order chi connectivity index (χ0) is 12.6. The highest BCUT2D eigenvalue weighted by molar-refractivity contribution is 7.85. The first-order valence-corrected chi connectivity index (χ1v) is 5.99. The van der Waals surface area contributed by atoms with Gasteiger partial charge < -0.3 is 14.8 Å². The van der Waals surface area contributed by atoms with Crippen LogP contribution in [0.1, 0.15) is 0 Å². The van der Waals surface area contributed by atoms with Gasteiger partial charge >= 0.3 is 0 Å². The number of phenolic OH excluding ortho intramolecular Hbond substituents is 2. The van der Waals surface area contributed by atoms with Crippen molar-refractivity contribution in [3.63, 3.8) is 0 Å². The lowest BCUT2D eigenvalue weighted by molar-refractivity contribution is 0.389. The predicted octanol–water partition coefficient (Wildman–Crippen LogP) is 0.167. The number of quaternary nitrogens is 1. The van der Waals surface area contributed by atoms with Gasteiger partial charge in [0.2, 0.25) is 0 Å². The van der Waals surface area contributed by atoms with E-state index in [1.54, 1.807) is 0 Å². The standard InChI is InChI=1S/C9H13NO5S/c1-10(2,6-16(13,14)15)7-3-4-8(11)9(12)5-7/h3-5H,6H2,1-2H3,(H2-,11,12,13,14,15). The van der Waals surface area contributed by atoms with E-state index in [1.165, 1.54) is 32.3 Å². The van der Waals surface area contributed by atoms with Crippen LogP contribution in [-0.4, -0.2) is 43.2 Å². The minimum Gasteiger partial charge on any atom is -0.744 e. The van der Waals surface area contributed by atoms with Crippen LogP contribution in [0.25, 0.3) is 0 Å². The molecule has 90 valence electrons. The summed E-state index contributed by atoms with van der Waals surface area (Å²) in [6, 6.07) is 3.91. The highest BCUT2D eigenvalue weighted by Gasteiger charge is 2.23. The molecule has 0 atom stereocenters. The van der Waals surface area contributed by atoms with E-state index in [4.69, 9.17) is 5.11 Å². The molecule has 2 N–H and O–H groups in total. The topological polar surface area (TPSA) is 97.7 Å². The summed E-state index contributed by atoms with van der Waals surface area (Å²) >= 11 is 0. The minimum absolute atomic E-state index is 0.223. The summed E-state index contributed by atoms with van der Waals surface area (Å²) in [5, 5.41) is 18.4. The van der Waals surface area contributed by atoms with Gasteiger partial charge in [-0.15, -0.1) is 0 Å². The Kier molecular flexibility index (Phi) is 3.13. The van der Waals surface area contributed by atoms with E-state index in [2.05, 4.69) is 0 Å². The lowest BCUT2D eigenvalue weighted by atomic mass is 10.2. The fourth-order valence-corrected chi connectivity index (χ4v) is 2.30. The Hall–Kier alpha value is -1.31. The van der Waals surface area contributed by atoms with Gasteiger partial charge in [-0.05, 0) is 6.07 Å². The van der Waals surface area contributed by atoms with Gasteiger partial charge in [0.15, 0.2) is 17.4 Å². The lowest BCUT2D eigenvalue weighted by Gasteiger charge is -2.30. The molecule has 0 bridgehead atoms. The Labute approximate surface area is 93.7 Å². The number of aromatic hydroxyl groups is 2. The third-order valence-corrected chi connectivity index (χ3v) is 3.10. The van der Waals surface area contributed by atoms with E-state index in [0.29, 0.717) is 5.69 Å². The van der Waals surface area contributed by atoms with Gasteiger partial charge in [0.1, 0.15) is 15.8 Å². The van der Waals surface area contributed by atoms with Crippen molar-refractivity contribution in [1.29, 1.82) is 0 Å². The molecule has 0 amide bonds. The maximum absolute atomic E-state index is 10.7.